The van der Waals surface area contributed by atoms with Crippen molar-refractivity contribution in [3.8, 4) is 10.7 Å². The summed E-state index contributed by atoms with van der Waals surface area (Å²) >= 11 is 3.01. The van der Waals surface area contributed by atoms with Gasteiger partial charge in [-0.2, -0.15) is 0 Å². The predicted octanol–water partition coefficient (Wildman–Crippen LogP) is 5.40. The van der Waals surface area contributed by atoms with Gasteiger partial charge in [-0.1, -0.05) is 42.0 Å². The number of thiazole rings is 1. The van der Waals surface area contributed by atoms with Crippen molar-refractivity contribution >= 4 is 28.6 Å². The monoisotopic (exact) mass is 405 g/mol. The van der Waals surface area contributed by atoms with Gasteiger partial charge in [0.15, 0.2) is 0 Å². The summed E-state index contributed by atoms with van der Waals surface area (Å²) in [5, 5.41) is 5.98. The lowest BCUT2D eigenvalue weighted by atomic mass is 10.0. The molecule has 0 bridgehead atoms. The van der Waals surface area contributed by atoms with Crippen LogP contribution in [0.5, 0.6) is 0 Å². The van der Waals surface area contributed by atoms with Gasteiger partial charge in [0.1, 0.15) is 9.88 Å². The number of pyridine rings is 1. The van der Waals surface area contributed by atoms with Crippen LogP contribution in [-0.4, -0.2) is 15.9 Å². The molecule has 1 N–H and O–H groups in total. The van der Waals surface area contributed by atoms with Crippen LogP contribution in [0.3, 0.4) is 0 Å². The van der Waals surface area contributed by atoms with Crippen molar-refractivity contribution in [1.29, 1.82) is 0 Å². The third kappa shape index (κ3) is 3.88. The summed E-state index contributed by atoms with van der Waals surface area (Å²) in [6, 6.07) is 17.8. The van der Waals surface area contributed by atoms with Gasteiger partial charge in [-0.05, 0) is 43.0 Å². The van der Waals surface area contributed by atoms with Crippen LogP contribution in [0.4, 0.5) is 0 Å². The number of carbonyl (C=O) groups excluding carboxylic acids is 1. The maximum Gasteiger partial charge on any atom is 0.264 e. The van der Waals surface area contributed by atoms with E-state index in [-0.39, 0.29) is 11.9 Å². The van der Waals surface area contributed by atoms with E-state index in [9.17, 15) is 4.79 Å². The Hall–Kier alpha value is -2.83. The highest BCUT2D eigenvalue weighted by Gasteiger charge is 2.22. The Kier molecular flexibility index (Phi) is 5.32. The molecule has 0 radical (unpaired) electrons. The Morgan fingerprint density at radius 2 is 1.86 bits per heavy atom. The molecule has 0 saturated heterocycles. The summed E-state index contributed by atoms with van der Waals surface area (Å²) < 4.78 is 0. The second-order valence-corrected chi connectivity index (χ2v) is 8.46. The highest BCUT2D eigenvalue weighted by Crippen LogP contribution is 2.30. The van der Waals surface area contributed by atoms with E-state index in [1.165, 1.54) is 16.9 Å². The number of aryl methyl sites for hydroxylation is 2. The summed E-state index contributed by atoms with van der Waals surface area (Å²) in [7, 11) is 0. The molecular formula is C22H19N3OS2. The highest BCUT2D eigenvalue weighted by atomic mass is 32.1. The lowest BCUT2D eigenvalue weighted by Crippen LogP contribution is -2.28. The Bertz CT molecular complexity index is 1070. The van der Waals surface area contributed by atoms with Gasteiger partial charge in [0.05, 0.1) is 17.4 Å². The summed E-state index contributed by atoms with van der Waals surface area (Å²) in [6.07, 6.45) is 1.73. The Morgan fingerprint density at radius 3 is 2.54 bits per heavy atom. The average Bonchev–Trinajstić information content (AvgIpc) is 3.37. The third-order valence-corrected chi connectivity index (χ3v) is 6.52. The number of hydrogen-bond donors (Lipinski definition) is 1. The van der Waals surface area contributed by atoms with Crippen LogP contribution in [0.1, 0.15) is 37.4 Å². The van der Waals surface area contributed by atoms with Crippen molar-refractivity contribution in [3.63, 3.8) is 0 Å². The Labute approximate surface area is 171 Å². The maximum absolute atomic E-state index is 13.1. The van der Waals surface area contributed by atoms with Gasteiger partial charge in [-0.15, -0.1) is 22.7 Å². The number of aromatic nitrogens is 2. The molecular weight excluding hydrogens is 386 g/mol. The van der Waals surface area contributed by atoms with Crippen molar-refractivity contribution in [2.24, 2.45) is 0 Å². The van der Waals surface area contributed by atoms with Crippen molar-refractivity contribution < 1.29 is 4.79 Å². The highest BCUT2D eigenvalue weighted by molar-refractivity contribution is 7.17. The van der Waals surface area contributed by atoms with E-state index in [4.69, 9.17) is 0 Å². The minimum absolute atomic E-state index is 0.115. The van der Waals surface area contributed by atoms with Crippen LogP contribution in [0.15, 0.2) is 66.2 Å². The molecule has 1 aromatic carbocycles. The van der Waals surface area contributed by atoms with Crippen molar-refractivity contribution in [2.75, 3.05) is 0 Å². The molecule has 3 aromatic heterocycles. The van der Waals surface area contributed by atoms with Crippen molar-refractivity contribution in [1.82, 2.24) is 15.3 Å². The van der Waals surface area contributed by atoms with E-state index in [2.05, 4.69) is 46.5 Å². The standard InChI is InChI=1S/C22H19N3OS2/c1-14-8-10-16(11-9-14)19(18-7-5-13-27-18)25-21(26)20-15(2)24-22(28-20)17-6-3-4-12-23-17/h3-13,19H,1-2H3,(H,25,26)/t19-/m0/s1. The zero-order valence-electron chi connectivity index (χ0n) is 15.5. The zero-order chi connectivity index (χ0) is 19.5. The number of hydrogen-bond acceptors (Lipinski definition) is 5. The molecule has 0 aliphatic heterocycles. The molecule has 6 heteroatoms. The van der Waals surface area contributed by atoms with E-state index in [0.29, 0.717) is 4.88 Å². The van der Waals surface area contributed by atoms with Gasteiger partial charge in [-0.3, -0.25) is 9.78 Å². The minimum Gasteiger partial charge on any atom is -0.340 e. The lowest BCUT2D eigenvalue weighted by molar-refractivity contribution is 0.0947. The number of thiophene rings is 1. The SMILES string of the molecule is Cc1ccc([C@H](NC(=O)c2sc(-c3ccccn3)nc2C)c2cccs2)cc1. The number of rotatable bonds is 5. The number of nitrogens with one attached hydrogen (secondary N) is 1. The van der Waals surface area contributed by atoms with Gasteiger partial charge < -0.3 is 5.32 Å². The van der Waals surface area contributed by atoms with Gasteiger partial charge in [-0.25, -0.2) is 4.98 Å². The van der Waals surface area contributed by atoms with Gasteiger partial charge in [0.25, 0.3) is 5.91 Å². The van der Waals surface area contributed by atoms with Crippen molar-refractivity contribution in [3.05, 3.63) is 92.7 Å². The molecule has 4 nitrogen and oxygen atoms in total. The van der Waals surface area contributed by atoms with Crippen LogP contribution in [0, 0.1) is 13.8 Å². The molecule has 0 spiro atoms. The quantitative estimate of drug-likeness (QED) is 0.483. The Morgan fingerprint density at radius 1 is 1.04 bits per heavy atom. The summed E-state index contributed by atoms with van der Waals surface area (Å²) in [4.78, 5) is 23.7. The molecule has 4 rings (SSSR count). The number of amides is 1. The first-order valence-corrected chi connectivity index (χ1v) is 10.6. The van der Waals surface area contributed by atoms with Crippen LogP contribution < -0.4 is 5.32 Å². The zero-order valence-corrected chi connectivity index (χ0v) is 17.2. The first-order chi connectivity index (χ1) is 13.6. The normalized spacial score (nSPS) is 11.9. The van der Waals surface area contributed by atoms with E-state index in [1.54, 1.807) is 17.5 Å². The van der Waals surface area contributed by atoms with Gasteiger partial charge >= 0.3 is 0 Å². The summed E-state index contributed by atoms with van der Waals surface area (Å²) in [6.45, 7) is 3.92. The molecule has 0 unspecified atom stereocenters. The third-order valence-electron chi connectivity index (χ3n) is 4.40. The molecule has 3 heterocycles. The molecule has 140 valence electrons. The van der Waals surface area contributed by atoms with Crippen LogP contribution in [-0.2, 0) is 0 Å². The van der Waals surface area contributed by atoms with E-state index >= 15 is 0 Å². The van der Waals surface area contributed by atoms with E-state index in [1.807, 2.05) is 42.6 Å². The largest absolute Gasteiger partial charge is 0.340 e. The number of carbonyl (C=O) groups is 1. The summed E-state index contributed by atoms with van der Waals surface area (Å²) in [5.74, 6) is -0.115. The van der Waals surface area contributed by atoms with Gasteiger partial charge in [0, 0.05) is 11.1 Å². The molecule has 0 fully saturated rings. The molecule has 28 heavy (non-hydrogen) atoms. The molecule has 1 atom stereocenters. The predicted molar refractivity (Wildman–Crippen MR) is 115 cm³/mol. The number of benzene rings is 1. The lowest BCUT2D eigenvalue weighted by Gasteiger charge is -2.18. The van der Waals surface area contributed by atoms with Crippen LogP contribution in [0.25, 0.3) is 10.7 Å². The number of nitrogens with zero attached hydrogens (tertiary/aromatic N) is 2. The molecule has 1 amide bonds. The maximum atomic E-state index is 13.1. The van der Waals surface area contributed by atoms with Crippen molar-refractivity contribution in [2.45, 2.75) is 19.9 Å². The fourth-order valence-corrected chi connectivity index (χ4v) is 4.68. The fourth-order valence-electron chi connectivity index (χ4n) is 2.94. The second-order valence-electron chi connectivity index (χ2n) is 6.48. The van der Waals surface area contributed by atoms with Crippen LogP contribution in [0.2, 0.25) is 0 Å². The van der Waals surface area contributed by atoms with E-state index in [0.717, 1.165) is 26.8 Å². The molecule has 0 saturated carbocycles. The first kappa shape index (κ1) is 18.5. The second kappa shape index (κ2) is 8.04. The fraction of sp³-hybridized carbons (Fsp3) is 0.136. The van der Waals surface area contributed by atoms with E-state index < -0.39 is 0 Å². The topological polar surface area (TPSA) is 54.9 Å². The summed E-state index contributed by atoms with van der Waals surface area (Å²) in [5.41, 5.74) is 3.76. The molecule has 4 aromatic rings. The molecule has 0 aliphatic rings. The Balaban J connectivity index is 1.63. The first-order valence-electron chi connectivity index (χ1n) is 8.91. The molecule has 0 aliphatic carbocycles. The smallest absolute Gasteiger partial charge is 0.264 e. The minimum atomic E-state index is -0.187. The average molecular weight is 406 g/mol. The van der Waals surface area contributed by atoms with Crippen LogP contribution >= 0.6 is 22.7 Å². The van der Waals surface area contributed by atoms with Gasteiger partial charge in [0.2, 0.25) is 0 Å².